The summed E-state index contributed by atoms with van der Waals surface area (Å²) in [5, 5.41) is 3.19. The molecule has 1 aromatic carbocycles. The van der Waals surface area contributed by atoms with Gasteiger partial charge >= 0.3 is 0 Å². The lowest BCUT2D eigenvalue weighted by atomic mass is 10.1. The molecule has 1 saturated heterocycles. The molecule has 102 valence electrons. The van der Waals surface area contributed by atoms with Crippen LogP contribution in [0.3, 0.4) is 0 Å². The van der Waals surface area contributed by atoms with Crippen LogP contribution < -0.4 is 14.8 Å². The highest BCUT2D eigenvalue weighted by molar-refractivity contribution is 5.85. The molecule has 2 rings (SSSR count). The van der Waals surface area contributed by atoms with Gasteiger partial charge in [0.1, 0.15) is 11.9 Å². The predicted molar refractivity (Wildman–Crippen MR) is 66.7 cm³/mol. The summed E-state index contributed by atoms with van der Waals surface area (Å²) in [5.41, 5.74) is 0. The van der Waals surface area contributed by atoms with Gasteiger partial charge in [-0.25, -0.2) is 8.78 Å². The van der Waals surface area contributed by atoms with Gasteiger partial charge in [-0.05, 0) is 25.9 Å². The molecule has 1 N–H and O–H groups in total. The number of ether oxygens (including phenoxy) is 2. The minimum Gasteiger partial charge on any atom is -0.491 e. The highest BCUT2D eigenvalue weighted by atomic mass is 35.5. The van der Waals surface area contributed by atoms with Crippen molar-refractivity contribution in [2.24, 2.45) is 0 Å². The monoisotopic (exact) mass is 279 g/mol. The molecular formula is C12H16ClF2NO2. The first-order valence-electron chi connectivity index (χ1n) is 5.61. The molecule has 18 heavy (non-hydrogen) atoms. The van der Waals surface area contributed by atoms with Crippen molar-refractivity contribution >= 4 is 12.4 Å². The molecule has 1 heterocycles. The van der Waals surface area contributed by atoms with Crippen LogP contribution in [-0.2, 0) is 0 Å². The van der Waals surface area contributed by atoms with Crippen molar-refractivity contribution in [2.75, 3.05) is 20.2 Å². The SMILES string of the molecule is COc1c(F)cc(OC2CCNCC2)cc1F.Cl. The summed E-state index contributed by atoms with van der Waals surface area (Å²) in [6.07, 6.45) is 1.70. The molecule has 0 radical (unpaired) electrons. The lowest BCUT2D eigenvalue weighted by molar-refractivity contribution is 0.161. The van der Waals surface area contributed by atoms with Gasteiger partial charge < -0.3 is 14.8 Å². The van der Waals surface area contributed by atoms with Crippen LogP contribution in [0.5, 0.6) is 11.5 Å². The Bertz CT molecular complexity index is 375. The number of piperidine rings is 1. The highest BCUT2D eigenvalue weighted by Gasteiger charge is 2.17. The lowest BCUT2D eigenvalue weighted by Gasteiger charge is -2.24. The van der Waals surface area contributed by atoms with Gasteiger partial charge in [-0.15, -0.1) is 12.4 Å². The fourth-order valence-corrected chi connectivity index (χ4v) is 1.91. The number of methoxy groups -OCH3 is 1. The number of nitrogens with one attached hydrogen (secondary N) is 1. The Morgan fingerprint density at radius 3 is 2.22 bits per heavy atom. The average molecular weight is 280 g/mol. The first-order valence-corrected chi connectivity index (χ1v) is 5.61. The van der Waals surface area contributed by atoms with Gasteiger partial charge in [-0.3, -0.25) is 0 Å². The summed E-state index contributed by atoms with van der Waals surface area (Å²) in [6.45, 7) is 1.73. The molecule has 0 aliphatic carbocycles. The molecule has 3 nitrogen and oxygen atoms in total. The van der Waals surface area contributed by atoms with Crippen molar-refractivity contribution < 1.29 is 18.3 Å². The molecule has 0 unspecified atom stereocenters. The minimum atomic E-state index is -0.739. The second-order valence-corrected chi connectivity index (χ2v) is 3.99. The summed E-state index contributed by atoms with van der Waals surface area (Å²) in [7, 11) is 1.23. The molecule has 0 bridgehead atoms. The van der Waals surface area contributed by atoms with Crippen molar-refractivity contribution in [2.45, 2.75) is 18.9 Å². The van der Waals surface area contributed by atoms with Gasteiger partial charge in [0.25, 0.3) is 0 Å². The predicted octanol–water partition coefficient (Wildman–Crippen LogP) is 2.53. The average Bonchev–Trinajstić information content (AvgIpc) is 2.30. The molecule has 0 spiro atoms. The zero-order valence-corrected chi connectivity index (χ0v) is 10.9. The Kier molecular flexibility index (Phi) is 5.62. The first-order chi connectivity index (χ1) is 8.20. The van der Waals surface area contributed by atoms with Crippen LogP contribution in [0.25, 0.3) is 0 Å². The standard InChI is InChI=1S/C12H15F2NO2.ClH/c1-16-12-10(13)6-9(7-11(12)14)17-8-2-4-15-5-3-8;/h6-8,15H,2-5H2,1H3;1H. The van der Waals surface area contributed by atoms with Crippen LogP contribution >= 0.6 is 12.4 Å². The Balaban J connectivity index is 0.00000162. The van der Waals surface area contributed by atoms with Gasteiger partial charge in [-0.1, -0.05) is 0 Å². The van der Waals surface area contributed by atoms with Crippen molar-refractivity contribution in [3.8, 4) is 11.5 Å². The number of hydrogen-bond donors (Lipinski definition) is 1. The van der Waals surface area contributed by atoms with Crippen LogP contribution in [0.1, 0.15) is 12.8 Å². The van der Waals surface area contributed by atoms with E-state index in [9.17, 15) is 8.78 Å². The maximum Gasteiger partial charge on any atom is 0.190 e. The van der Waals surface area contributed by atoms with E-state index in [0.717, 1.165) is 38.1 Å². The van der Waals surface area contributed by atoms with E-state index in [2.05, 4.69) is 10.1 Å². The second-order valence-electron chi connectivity index (χ2n) is 3.99. The van der Waals surface area contributed by atoms with Crippen LogP contribution in [-0.4, -0.2) is 26.3 Å². The molecule has 0 saturated carbocycles. The van der Waals surface area contributed by atoms with E-state index < -0.39 is 11.6 Å². The molecule has 0 aromatic heterocycles. The third-order valence-electron chi connectivity index (χ3n) is 2.76. The van der Waals surface area contributed by atoms with Gasteiger partial charge in [0.05, 0.1) is 7.11 Å². The Labute approximate surface area is 111 Å². The lowest BCUT2D eigenvalue weighted by Crippen LogP contribution is -2.34. The Morgan fingerprint density at radius 2 is 1.72 bits per heavy atom. The molecular weight excluding hydrogens is 264 g/mol. The smallest absolute Gasteiger partial charge is 0.190 e. The van der Waals surface area contributed by atoms with E-state index >= 15 is 0 Å². The zero-order chi connectivity index (χ0) is 12.3. The third kappa shape index (κ3) is 3.46. The van der Waals surface area contributed by atoms with Crippen LogP contribution in [0.4, 0.5) is 8.78 Å². The second kappa shape index (κ2) is 6.75. The minimum absolute atomic E-state index is 0. The quantitative estimate of drug-likeness (QED) is 0.922. The maximum absolute atomic E-state index is 13.4. The van der Waals surface area contributed by atoms with Crippen LogP contribution in [0.2, 0.25) is 0 Å². The molecule has 1 aromatic rings. The summed E-state index contributed by atoms with van der Waals surface area (Å²) in [4.78, 5) is 0. The number of benzene rings is 1. The van der Waals surface area contributed by atoms with E-state index in [1.165, 1.54) is 7.11 Å². The van der Waals surface area contributed by atoms with Crippen molar-refractivity contribution in [1.29, 1.82) is 0 Å². The number of halogens is 3. The van der Waals surface area contributed by atoms with Crippen LogP contribution in [0, 0.1) is 11.6 Å². The zero-order valence-electron chi connectivity index (χ0n) is 10.0. The van der Waals surface area contributed by atoms with Crippen molar-refractivity contribution in [1.82, 2.24) is 5.32 Å². The van der Waals surface area contributed by atoms with E-state index in [0.29, 0.717) is 0 Å². The molecule has 1 aliphatic heterocycles. The number of rotatable bonds is 3. The molecule has 1 aliphatic rings. The summed E-state index contributed by atoms with van der Waals surface area (Å²) in [5.74, 6) is -1.64. The van der Waals surface area contributed by atoms with Crippen molar-refractivity contribution in [3.05, 3.63) is 23.8 Å². The highest BCUT2D eigenvalue weighted by Crippen LogP contribution is 2.27. The molecule has 0 amide bonds. The van der Waals surface area contributed by atoms with E-state index in [1.807, 2.05) is 0 Å². The number of hydrogen-bond acceptors (Lipinski definition) is 3. The fraction of sp³-hybridized carbons (Fsp3) is 0.500. The molecule has 1 fully saturated rings. The fourth-order valence-electron chi connectivity index (χ4n) is 1.91. The first kappa shape index (κ1) is 15.0. The van der Waals surface area contributed by atoms with E-state index in [-0.39, 0.29) is 30.0 Å². The topological polar surface area (TPSA) is 30.5 Å². The normalized spacial score (nSPS) is 15.9. The Morgan fingerprint density at radius 1 is 1.17 bits per heavy atom. The van der Waals surface area contributed by atoms with Gasteiger partial charge in [-0.2, -0.15) is 0 Å². The summed E-state index contributed by atoms with van der Waals surface area (Å²) < 4.78 is 37.0. The molecule has 0 atom stereocenters. The van der Waals surface area contributed by atoms with Gasteiger partial charge in [0.2, 0.25) is 0 Å². The summed E-state index contributed by atoms with van der Waals surface area (Å²) in [6, 6.07) is 2.31. The summed E-state index contributed by atoms with van der Waals surface area (Å²) >= 11 is 0. The van der Waals surface area contributed by atoms with Gasteiger partial charge in [0.15, 0.2) is 17.4 Å². The third-order valence-corrected chi connectivity index (χ3v) is 2.76. The largest absolute Gasteiger partial charge is 0.491 e. The van der Waals surface area contributed by atoms with E-state index in [1.54, 1.807) is 0 Å². The Hall–Kier alpha value is -1.07. The van der Waals surface area contributed by atoms with Crippen molar-refractivity contribution in [3.63, 3.8) is 0 Å². The van der Waals surface area contributed by atoms with Crippen LogP contribution in [0.15, 0.2) is 12.1 Å². The van der Waals surface area contributed by atoms with Gasteiger partial charge in [0, 0.05) is 12.1 Å². The maximum atomic E-state index is 13.4. The molecule has 6 heteroatoms. The van der Waals surface area contributed by atoms with E-state index in [4.69, 9.17) is 4.74 Å².